The third-order valence-electron chi connectivity index (χ3n) is 11.2. The van der Waals surface area contributed by atoms with Crippen molar-refractivity contribution in [3.05, 3.63) is 186 Å². The summed E-state index contributed by atoms with van der Waals surface area (Å²) in [5.74, 6) is 1.77. The predicted octanol–water partition coefficient (Wildman–Crippen LogP) is 12.3. The first kappa shape index (κ1) is 26.4. The minimum absolute atomic E-state index is 0.530. The van der Waals surface area contributed by atoms with Crippen LogP contribution >= 0.6 is 0 Å². The normalized spacial score (nSPS) is 13.9. The molecule has 0 fully saturated rings. The van der Waals surface area contributed by atoms with Crippen molar-refractivity contribution in [2.75, 3.05) is 0 Å². The Morgan fingerprint density at radius 1 is 0.420 bits per heavy atom. The lowest BCUT2D eigenvalue weighted by atomic mass is 9.66. The van der Waals surface area contributed by atoms with Crippen LogP contribution in [0.25, 0.3) is 71.3 Å². The second-order valence-electron chi connectivity index (χ2n) is 13.6. The van der Waals surface area contributed by atoms with Gasteiger partial charge in [-0.2, -0.15) is 0 Å². The molecule has 0 N–H and O–H groups in total. The molecule has 0 atom stereocenters. The lowest BCUT2D eigenvalue weighted by Crippen LogP contribution is -2.32. The highest BCUT2D eigenvalue weighted by Gasteiger charge is 2.51. The van der Waals surface area contributed by atoms with Crippen LogP contribution in [0.1, 0.15) is 22.3 Å². The van der Waals surface area contributed by atoms with Gasteiger partial charge in [0.05, 0.1) is 16.4 Å². The third-order valence-corrected chi connectivity index (χ3v) is 11.2. The molecule has 10 aromatic rings. The predicted molar refractivity (Wildman–Crippen MR) is 203 cm³/mol. The molecule has 1 aliphatic carbocycles. The highest BCUT2D eigenvalue weighted by molar-refractivity contribution is 6.22. The van der Waals surface area contributed by atoms with Crippen LogP contribution in [0.15, 0.2) is 168 Å². The number of para-hydroxylation sites is 2. The molecule has 0 amide bonds. The maximum absolute atomic E-state index is 6.95. The van der Waals surface area contributed by atoms with Gasteiger partial charge >= 0.3 is 0 Å². The first-order chi connectivity index (χ1) is 24.8. The van der Waals surface area contributed by atoms with E-state index in [4.69, 9.17) is 9.15 Å². The van der Waals surface area contributed by atoms with E-state index in [1.807, 2.05) is 12.1 Å². The summed E-state index contributed by atoms with van der Waals surface area (Å²) in [6, 6.07) is 59.2. The average molecular weight is 638 g/mol. The van der Waals surface area contributed by atoms with E-state index >= 15 is 0 Å². The zero-order valence-electron chi connectivity index (χ0n) is 26.9. The van der Waals surface area contributed by atoms with Gasteiger partial charge in [-0.25, -0.2) is 0 Å². The van der Waals surface area contributed by atoms with Crippen molar-refractivity contribution >= 4 is 54.5 Å². The number of ether oxygens (including phenoxy) is 1. The Morgan fingerprint density at radius 3 is 1.94 bits per heavy atom. The minimum atomic E-state index is -0.530. The molecular weight excluding hydrogens is 611 g/mol. The van der Waals surface area contributed by atoms with E-state index in [-0.39, 0.29) is 0 Å². The SMILES string of the molecule is c1ccc2c(c1)Oc1cc3c(cc1C21c2ccccc2-c2ccccc21)c1c2ccccc2ccc1n3-c1ccc2c(c1)oc1ccccc12. The molecule has 0 saturated carbocycles. The molecular formula is C47H27NO2. The second-order valence-corrected chi connectivity index (χ2v) is 13.6. The Morgan fingerprint density at radius 2 is 1.10 bits per heavy atom. The first-order valence-electron chi connectivity index (χ1n) is 17.2. The smallest absolute Gasteiger partial charge is 0.137 e. The van der Waals surface area contributed by atoms with E-state index in [0.29, 0.717) is 0 Å². The van der Waals surface area contributed by atoms with Gasteiger partial charge in [-0.05, 0) is 69.4 Å². The standard InChI is InChI=1S/C47H27NO2/c1-2-12-30-28(11-1)21-24-40-46(30)35-26-39-45(27-41(35)48(40)29-22-23-34-33-15-5-9-19-42(33)49-44(34)25-29)50-43-20-10-8-18-38(43)47(39)36-16-6-3-13-31(36)32-14-4-7-17-37(32)47/h1-27H. The molecule has 0 bridgehead atoms. The van der Waals surface area contributed by atoms with Crippen molar-refractivity contribution in [3.63, 3.8) is 0 Å². The minimum Gasteiger partial charge on any atom is -0.457 e. The van der Waals surface area contributed by atoms with Crippen molar-refractivity contribution in [1.29, 1.82) is 0 Å². The van der Waals surface area contributed by atoms with E-state index in [9.17, 15) is 0 Å². The monoisotopic (exact) mass is 637 g/mol. The summed E-state index contributed by atoms with van der Waals surface area (Å²) in [6.07, 6.45) is 0. The van der Waals surface area contributed by atoms with Crippen LogP contribution in [0.4, 0.5) is 0 Å². The Labute approximate surface area is 287 Å². The summed E-state index contributed by atoms with van der Waals surface area (Å²) < 4.78 is 15.7. The van der Waals surface area contributed by atoms with E-state index in [1.165, 1.54) is 54.9 Å². The van der Waals surface area contributed by atoms with Gasteiger partial charge in [-0.3, -0.25) is 0 Å². The van der Waals surface area contributed by atoms with Gasteiger partial charge in [-0.1, -0.05) is 115 Å². The Balaban J connectivity index is 1.24. The van der Waals surface area contributed by atoms with Crippen LogP contribution in [0.2, 0.25) is 0 Å². The largest absolute Gasteiger partial charge is 0.457 e. The van der Waals surface area contributed by atoms with E-state index < -0.39 is 5.41 Å². The number of fused-ring (bicyclic) bond motifs is 17. The molecule has 3 heteroatoms. The molecule has 3 nitrogen and oxygen atoms in total. The third kappa shape index (κ3) is 3.16. The van der Waals surface area contributed by atoms with Crippen molar-refractivity contribution in [2.45, 2.75) is 5.41 Å². The van der Waals surface area contributed by atoms with Crippen LogP contribution in [0.5, 0.6) is 11.5 Å². The molecule has 50 heavy (non-hydrogen) atoms. The Bertz CT molecular complexity index is 3040. The molecule has 0 radical (unpaired) electrons. The molecule has 1 spiro atoms. The van der Waals surface area contributed by atoms with Crippen molar-refractivity contribution in [2.24, 2.45) is 0 Å². The molecule has 12 rings (SSSR count). The van der Waals surface area contributed by atoms with Crippen LogP contribution in [0.3, 0.4) is 0 Å². The van der Waals surface area contributed by atoms with Gasteiger partial charge in [0.15, 0.2) is 0 Å². The summed E-state index contributed by atoms with van der Waals surface area (Å²) in [6.45, 7) is 0. The van der Waals surface area contributed by atoms with E-state index in [1.54, 1.807) is 0 Å². The topological polar surface area (TPSA) is 27.3 Å². The second kappa shape index (κ2) is 9.31. The van der Waals surface area contributed by atoms with Crippen molar-refractivity contribution in [1.82, 2.24) is 4.57 Å². The molecule has 8 aromatic carbocycles. The van der Waals surface area contributed by atoms with Gasteiger partial charge < -0.3 is 13.7 Å². The Kier molecular flexibility index (Phi) is 4.91. The molecule has 2 aromatic heterocycles. The summed E-state index contributed by atoms with van der Waals surface area (Å²) in [5, 5.41) is 7.14. The van der Waals surface area contributed by atoms with Gasteiger partial charge in [0.2, 0.25) is 0 Å². The molecule has 232 valence electrons. The molecule has 0 unspecified atom stereocenters. The van der Waals surface area contributed by atoms with Gasteiger partial charge in [0.1, 0.15) is 22.7 Å². The zero-order chi connectivity index (χ0) is 32.6. The molecule has 2 aliphatic rings. The van der Waals surface area contributed by atoms with Gasteiger partial charge in [-0.15, -0.1) is 0 Å². The fourth-order valence-corrected chi connectivity index (χ4v) is 9.27. The van der Waals surface area contributed by atoms with Gasteiger partial charge in [0, 0.05) is 50.5 Å². The fraction of sp³-hybridized carbons (Fsp3) is 0.0213. The number of aromatic nitrogens is 1. The van der Waals surface area contributed by atoms with Crippen LogP contribution in [-0.4, -0.2) is 4.57 Å². The zero-order valence-corrected chi connectivity index (χ0v) is 26.9. The lowest BCUT2D eigenvalue weighted by Gasteiger charge is -2.39. The number of rotatable bonds is 1. The molecule has 1 aliphatic heterocycles. The van der Waals surface area contributed by atoms with Crippen LogP contribution < -0.4 is 4.74 Å². The van der Waals surface area contributed by atoms with Crippen LogP contribution in [0, 0.1) is 0 Å². The lowest BCUT2D eigenvalue weighted by molar-refractivity contribution is 0.437. The number of benzene rings is 8. The highest BCUT2D eigenvalue weighted by Crippen LogP contribution is 2.62. The van der Waals surface area contributed by atoms with E-state index in [0.717, 1.165) is 50.2 Å². The van der Waals surface area contributed by atoms with Crippen molar-refractivity contribution in [3.8, 4) is 28.3 Å². The number of nitrogens with zero attached hydrogens (tertiary/aromatic N) is 1. The average Bonchev–Trinajstić information content (AvgIpc) is 3.80. The van der Waals surface area contributed by atoms with Gasteiger partial charge in [0.25, 0.3) is 0 Å². The fourth-order valence-electron chi connectivity index (χ4n) is 9.27. The van der Waals surface area contributed by atoms with Crippen LogP contribution in [-0.2, 0) is 5.41 Å². The highest BCUT2D eigenvalue weighted by atomic mass is 16.5. The summed E-state index contributed by atoms with van der Waals surface area (Å²) in [5.41, 5.74) is 12.0. The maximum atomic E-state index is 6.95. The first-order valence-corrected chi connectivity index (χ1v) is 17.2. The summed E-state index contributed by atoms with van der Waals surface area (Å²) >= 11 is 0. The van der Waals surface area contributed by atoms with E-state index in [2.05, 4.69) is 156 Å². The Hall–Kier alpha value is -6.58. The molecule has 0 saturated heterocycles. The maximum Gasteiger partial charge on any atom is 0.137 e. The quantitative estimate of drug-likeness (QED) is 0.179. The molecule has 3 heterocycles. The number of furan rings is 1. The number of hydrogen-bond acceptors (Lipinski definition) is 2. The number of hydrogen-bond donors (Lipinski definition) is 0. The summed E-state index contributed by atoms with van der Waals surface area (Å²) in [7, 11) is 0. The summed E-state index contributed by atoms with van der Waals surface area (Å²) in [4.78, 5) is 0. The van der Waals surface area contributed by atoms with Crippen molar-refractivity contribution < 1.29 is 9.15 Å².